The number of hydrogen-bond acceptors (Lipinski definition) is 2. The summed E-state index contributed by atoms with van der Waals surface area (Å²) in [6.45, 7) is 3.26. The van der Waals surface area contributed by atoms with Crippen molar-refractivity contribution in [2.45, 2.75) is 59.0 Å². The molecule has 2 aromatic rings. The first kappa shape index (κ1) is 16.0. The van der Waals surface area contributed by atoms with Gasteiger partial charge in [-0.05, 0) is 42.3 Å². The maximum absolute atomic E-state index is 4.15. The summed E-state index contributed by atoms with van der Waals surface area (Å²) in [5.74, 6) is 1.07. The highest BCUT2D eigenvalue weighted by Gasteiger charge is 2.20. The molecule has 0 saturated heterocycles. The van der Waals surface area contributed by atoms with Crippen molar-refractivity contribution in [1.29, 1.82) is 0 Å². The third-order valence-corrected chi connectivity index (χ3v) is 4.31. The van der Waals surface area contributed by atoms with E-state index in [0.29, 0.717) is 6.04 Å². The number of nitrogens with zero attached hydrogens (tertiary/aromatic N) is 1. The second-order valence-electron chi connectivity index (χ2n) is 6.21. The van der Waals surface area contributed by atoms with Gasteiger partial charge in [-0.25, -0.2) is 0 Å². The summed E-state index contributed by atoms with van der Waals surface area (Å²) in [5, 5.41) is 6.14. The van der Waals surface area contributed by atoms with Gasteiger partial charge in [0, 0.05) is 30.4 Å². The van der Waals surface area contributed by atoms with Crippen molar-refractivity contribution in [3.8, 4) is 0 Å². The fourth-order valence-corrected chi connectivity index (χ4v) is 2.76. The van der Waals surface area contributed by atoms with Gasteiger partial charge in [0.1, 0.15) is 0 Å². The lowest BCUT2D eigenvalue weighted by atomic mass is 10.1. The molecular formula is C19H28N2. The molecule has 114 valence electrons. The molecule has 3 rings (SSSR count). The fraction of sp³-hybridized carbons (Fsp3) is 0.526. The summed E-state index contributed by atoms with van der Waals surface area (Å²) in [7, 11) is 0. The van der Waals surface area contributed by atoms with E-state index in [0.717, 1.165) is 12.5 Å². The zero-order valence-electron chi connectivity index (χ0n) is 12.3. The largest absolute Gasteiger partial charge is 0.310 e. The molecule has 0 radical (unpaired) electrons. The van der Waals surface area contributed by atoms with Crippen molar-refractivity contribution in [3.63, 3.8) is 0 Å². The van der Waals surface area contributed by atoms with E-state index in [1.807, 2.05) is 12.4 Å². The van der Waals surface area contributed by atoms with Gasteiger partial charge in [-0.15, -0.1) is 0 Å². The minimum Gasteiger partial charge on any atom is -0.310 e. The Labute approximate surface area is 129 Å². The monoisotopic (exact) mass is 284 g/mol. The third kappa shape index (κ3) is 4.82. The molecule has 21 heavy (non-hydrogen) atoms. The van der Waals surface area contributed by atoms with Gasteiger partial charge in [0.05, 0.1) is 0 Å². The van der Waals surface area contributed by atoms with Gasteiger partial charge in [0.15, 0.2) is 0 Å². The molecule has 1 heterocycles. The molecule has 0 bridgehead atoms. The van der Waals surface area contributed by atoms with Gasteiger partial charge in [-0.3, -0.25) is 4.98 Å². The smallest absolute Gasteiger partial charge is 0.0346 e. The van der Waals surface area contributed by atoms with Crippen molar-refractivity contribution in [3.05, 3.63) is 42.2 Å². The van der Waals surface area contributed by atoms with E-state index < -0.39 is 0 Å². The molecule has 1 N–H and O–H groups in total. The Kier molecular flexibility index (Phi) is 5.75. The molecule has 2 nitrogen and oxygen atoms in total. The lowest BCUT2D eigenvalue weighted by Crippen LogP contribution is -2.25. The van der Waals surface area contributed by atoms with Crippen LogP contribution in [0.1, 0.15) is 52.0 Å². The number of pyridine rings is 1. The molecule has 2 heteroatoms. The second kappa shape index (κ2) is 7.56. The second-order valence-corrected chi connectivity index (χ2v) is 6.21. The molecule has 0 unspecified atom stereocenters. The van der Waals surface area contributed by atoms with Gasteiger partial charge in [-0.1, -0.05) is 45.2 Å². The predicted octanol–water partition coefficient (Wildman–Crippen LogP) is 4.93. The van der Waals surface area contributed by atoms with Crippen LogP contribution in [0, 0.1) is 5.92 Å². The van der Waals surface area contributed by atoms with Crippen molar-refractivity contribution in [1.82, 2.24) is 10.3 Å². The lowest BCUT2D eigenvalue weighted by molar-refractivity contribution is 0.480. The summed E-state index contributed by atoms with van der Waals surface area (Å²) >= 11 is 0. The number of fused-ring (bicyclic) bond motifs is 1. The Balaban J connectivity index is 0.00000161. The minimum absolute atomic E-state index is 0. The average Bonchev–Trinajstić information content (AvgIpc) is 3.29. The van der Waals surface area contributed by atoms with Crippen molar-refractivity contribution < 1.29 is 0 Å². The van der Waals surface area contributed by atoms with Crippen LogP contribution in [0.4, 0.5) is 0 Å². The van der Waals surface area contributed by atoms with Gasteiger partial charge in [0.25, 0.3) is 0 Å². The van der Waals surface area contributed by atoms with Crippen LogP contribution < -0.4 is 5.32 Å². The minimum atomic E-state index is 0. The molecule has 1 aliphatic rings. The van der Waals surface area contributed by atoms with E-state index in [-0.39, 0.29) is 7.43 Å². The lowest BCUT2D eigenvalue weighted by Gasteiger charge is -2.14. The summed E-state index contributed by atoms with van der Waals surface area (Å²) in [5.41, 5.74) is 1.36. The maximum atomic E-state index is 4.15. The van der Waals surface area contributed by atoms with E-state index >= 15 is 0 Å². The summed E-state index contributed by atoms with van der Waals surface area (Å²) in [4.78, 5) is 4.15. The maximum Gasteiger partial charge on any atom is 0.0346 e. The normalized spacial score (nSPS) is 15.7. The molecule has 1 aromatic heterocycles. The van der Waals surface area contributed by atoms with Gasteiger partial charge >= 0.3 is 0 Å². The Morgan fingerprint density at radius 2 is 2.10 bits per heavy atom. The predicted molar refractivity (Wildman–Crippen MR) is 91.4 cm³/mol. The molecule has 1 aromatic carbocycles. The van der Waals surface area contributed by atoms with E-state index in [2.05, 4.69) is 41.5 Å². The zero-order chi connectivity index (χ0) is 13.8. The first-order valence-corrected chi connectivity index (χ1v) is 7.87. The zero-order valence-corrected chi connectivity index (χ0v) is 12.3. The Morgan fingerprint density at radius 3 is 2.90 bits per heavy atom. The number of aromatic nitrogens is 1. The van der Waals surface area contributed by atoms with Gasteiger partial charge in [0.2, 0.25) is 0 Å². The van der Waals surface area contributed by atoms with E-state index in [9.17, 15) is 0 Å². The van der Waals surface area contributed by atoms with Crippen LogP contribution in [0.25, 0.3) is 10.8 Å². The van der Waals surface area contributed by atoms with Crippen LogP contribution in [0.15, 0.2) is 36.7 Å². The fourth-order valence-electron chi connectivity index (χ4n) is 2.76. The summed E-state index contributed by atoms with van der Waals surface area (Å²) in [6.07, 6.45) is 10.9. The third-order valence-electron chi connectivity index (χ3n) is 4.31. The number of hydrogen-bond donors (Lipinski definition) is 1. The molecule has 0 amide bonds. The van der Waals surface area contributed by atoms with Crippen LogP contribution in [-0.2, 0) is 6.54 Å². The highest BCUT2D eigenvalue weighted by Crippen LogP contribution is 2.33. The first-order chi connectivity index (χ1) is 9.81. The highest BCUT2D eigenvalue weighted by atomic mass is 14.9. The Bertz CT molecular complexity index is 560. The molecule has 1 aliphatic carbocycles. The summed E-state index contributed by atoms with van der Waals surface area (Å²) < 4.78 is 0. The molecule has 0 aliphatic heterocycles. The SMILES string of the molecule is C.C[C@H](CCCC1CC1)NCc1ccc2cnccc2c1. The molecular weight excluding hydrogens is 256 g/mol. The summed E-state index contributed by atoms with van der Waals surface area (Å²) in [6, 6.07) is 9.33. The van der Waals surface area contributed by atoms with Crippen LogP contribution in [0.3, 0.4) is 0 Å². The molecule has 1 fully saturated rings. The molecule has 0 spiro atoms. The Hall–Kier alpha value is -1.41. The van der Waals surface area contributed by atoms with E-state index in [1.165, 1.54) is 48.4 Å². The number of benzene rings is 1. The highest BCUT2D eigenvalue weighted by molar-refractivity contribution is 5.81. The topological polar surface area (TPSA) is 24.9 Å². The quantitative estimate of drug-likeness (QED) is 0.780. The van der Waals surface area contributed by atoms with Gasteiger partial charge < -0.3 is 5.32 Å². The number of rotatable bonds is 7. The standard InChI is InChI=1S/C18H24N2.CH4/c1-14(3-2-4-15-5-6-15)20-12-16-7-8-18-13-19-10-9-17(18)11-16;/h7-11,13-15,20H,2-6,12H2,1H3;1H4/t14-;/m1./s1. The van der Waals surface area contributed by atoms with E-state index in [1.54, 1.807) is 0 Å². The van der Waals surface area contributed by atoms with Crippen LogP contribution >= 0.6 is 0 Å². The van der Waals surface area contributed by atoms with Crippen molar-refractivity contribution in [2.24, 2.45) is 5.92 Å². The van der Waals surface area contributed by atoms with Crippen LogP contribution in [-0.4, -0.2) is 11.0 Å². The first-order valence-electron chi connectivity index (χ1n) is 7.87. The van der Waals surface area contributed by atoms with E-state index in [4.69, 9.17) is 0 Å². The van der Waals surface area contributed by atoms with Crippen molar-refractivity contribution in [2.75, 3.05) is 0 Å². The molecule has 1 atom stereocenters. The van der Waals surface area contributed by atoms with Gasteiger partial charge in [-0.2, -0.15) is 0 Å². The number of nitrogens with one attached hydrogen (secondary N) is 1. The molecule has 1 saturated carbocycles. The van der Waals surface area contributed by atoms with Crippen molar-refractivity contribution >= 4 is 10.8 Å². The Morgan fingerprint density at radius 1 is 1.24 bits per heavy atom. The average molecular weight is 284 g/mol. The van der Waals surface area contributed by atoms with Crippen LogP contribution in [0.2, 0.25) is 0 Å². The van der Waals surface area contributed by atoms with Crippen LogP contribution in [0.5, 0.6) is 0 Å².